The van der Waals surface area contributed by atoms with Gasteiger partial charge in [-0.25, -0.2) is 0 Å². The molecule has 2 aromatic heterocycles. The van der Waals surface area contributed by atoms with Crippen LogP contribution in [0.2, 0.25) is 10.4 Å². The number of aromatic nitrogens is 3. The van der Waals surface area contributed by atoms with Gasteiger partial charge in [0, 0.05) is 0 Å². The molecule has 0 aliphatic heterocycles. The summed E-state index contributed by atoms with van der Waals surface area (Å²) < 4.78 is 5.24. The molecule has 1 unspecified atom stereocenters. The fourth-order valence-corrected chi connectivity index (χ4v) is 1.46. The van der Waals surface area contributed by atoms with Crippen molar-refractivity contribution in [2.24, 2.45) is 0 Å². The molecule has 84 valence electrons. The maximum absolute atomic E-state index is 5.81. The summed E-state index contributed by atoms with van der Waals surface area (Å²) in [7, 11) is 0. The van der Waals surface area contributed by atoms with Crippen LogP contribution in [0.4, 0.5) is 5.82 Å². The van der Waals surface area contributed by atoms with E-state index in [1.807, 2.05) is 13.0 Å². The molecule has 0 amide bonds. The lowest BCUT2D eigenvalue weighted by atomic mass is 10.2. The zero-order chi connectivity index (χ0) is 11.5. The Hall–Kier alpha value is -1.33. The lowest BCUT2D eigenvalue weighted by molar-refractivity contribution is 0.490. The molecule has 1 atom stereocenters. The third-order valence-electron chi connectivity index (χ3n) is 1.94. The molecule has 0 aliphatic carbocycles. The standard InChI is InChI=1S/C9H8Cl2N4O/c1-5(6-3-2-4-16-6)12-8-7(10)14-15-9(11)13-8/h2-5H,1H3,(H,12,13,15). The molecular formula is C9H8Cl2N4O. The van der Waals surface area contributed by atoms with Gasteiger partial charge in [0.15, 0.2) is 11.0 Å². The van der Waals surface area contributed by atoms with Crippen LogP contribution in [0.1, 0.15) is 18.7 Å². The molecule has 2 aromatic rings. The van der Waals surface area contributed by atoms with Crippen LogP contribution in [0.25, 0.3) is 0 Å². The second-order valence-electron chi connectivity index (χ2n) is 3.10. The first-order chi connectivity index (χ1) is 7.66. The van der Waals surface area contributed by atoms with Gasteiger partial charge in [0.2, 0.25) is 5.28 Å². The normalized spacial score (nSPS) is 12.4. The van der Waals surface area contributed by atoms with Crippen molar-refractivity contribution in [2.45, 2.75) is 13.0 Å². The maximum Gasteiger partial charge on any atom is 0.245 e. The molecule has 0 bridgehead atoms. The Balaban J connectivity index is 2.17. The van der Waals surface area contributed by atoms with Crippen molar-refractivity contribution in [3.8, 4) is 0 Å². The highest BCUT2D eigenvalue weighted by molar-refractivity contribution is 6.32. The van der Waals surface area contributed by atoms with E-state index in [9.17, 15) is 0 Å². The molecule has 0 fully saturated rings. The van der Waals surface area contributed by atoms with E-state index < -0.39 is 0 Å². The van der Waals surface area contributed by atoms with E-state index in [1.54, 1.807) is 12.3 Å². The van der Waals surface area contributed by atoms with E-state index in [2.05, 4.69) is 20.5 Å². The van der Waals surface area contributed by atoms with Crippen LogP contribution in [0.15, 0.2) is 22.8 Å². The zero-order valence-electron chi connectivity index (χ0n) is 8.32. The van der Waals surface area contributed by atoms with Crippen molar-refractivity contribution in [2.75, 3.05) is 5.32 Å². The number of hydrogen-bond donors (Lipinski definition) is 1. The third-order valence-corrected chi connectivity index (χ3v) is 2.36. The number of hydrogen-bond acceptors (Lipinski definition) is 5. The van der Waals surface area contributed by atoms with Crippen LogP contribution in [-0.2, 0) is 0 Å². The molecule has 0 aromatic carbocycles. The maximum atomic E-state index is 5.81. The first kappa shape index (κ1) is 11.2. The van der Waals surface area contributed by atoms with Crippen molar-refractivity contribution >= 4 is 29.0 Å². The van der Waals surface area contributed by atoms with Gasteiger partial charge in [-0.1, -0.05) is 11.6 Å². The number of nitrogens with one attached hydrogen (secondary N) is 1. The zero-order valence-corrected chi connectivity index (χ0v) is 9.83. The largest absolute Gasteiger partial charge is 0.467 e. The van der Waals surface area contributed by atoms with E-state index >= 15 is 0 Å². The Morgan fingerprint density at radius 3 is 2.88 bits per heavy atom. The molecule has 2 heterocycles. The van der Waals surface area contributed by atoms with Crippen LogP contribution in [0, 0.1) is 0 Å². The molecule has 0 spiro atoms. The second-order valence-corrected chi connectivity index (χ2v) is 3.80. The molecule has 0 saturated heterocycles. The Labute approximate surface area is 102 Å². The van der Waals surface area contributed by atoms with E-state index in [-0.39, 0.29) is 16.5 Å². The first-order valence-corrected chi connectivity index (χ1v) is 5.28. The SMILES string of the molecule is CC(Nc1nc(Cl)nnc1Cl)c1ccco1. The predicted octanol–water partition coefficient (Wildman–Crippen LogP) is 2.94. The molecule has 16 heavy (non-hydrogen) atoms. The number of anilines is 1. The summed E-state index contributed by atoms with van der Waals surface area (Å²) >= 11 is 11.4. The minimum absolute atomic E-state index is 0.0403. The van der Waals surface area contributed by atoms with Crippen molar-refractivity contribution in [1.82, 2.24) is 15.2 Å². The van der Waals surface area contributed by atoms with E-state index in [0.29, 0.717) is 5.82 Å². The summed E-state index contributed by atoms with van der Waals surface area (Å²) in [5.74, 6) is 1.15. The van der Waals surface area contributed by atoms with Crippen molar-refractivity contribution in [1.29, 1.82) is 0 Å². The first-order valence-electron chi connectivity index (χ1n) is 4.52. The number of nitrogens with zero attached hydrogens (tertiary/aromatic N) is 3. The van der Waals surface area contributed by atoms with Gasteiger partial charge in [0.05, 0.1) is 12.3 Å². The molecular weight excluding hydrogens is 251 g/mol. The second kappa shape index (κ2) is 4.67. The molecule has 0 aliphatic rings. The summed E-state index contributed by atoms with van der Waals surface area (Å²) in [6.45, 7) is 1.91. The highest BCUT2D eigenvalue weighted by atomic mass is 35.5. The van der Waals surface area contributed by atoms with Crippen LogP contribution in [-0.4, -0.2) is 15.2 Å². The highest BCUT2D eigenvalue weighted by Crippen LogP contribution is 2.23. The van der Waals surface area contributed by atoms with Gasteiger partial charge in [-0.05, 0) is 30.7 Å². The number of furan rings is 1. The lowest BCUT2D eigenvalue weighted by Gasteiger charge is -2.12. The molecule has 7 heteroatoms. The molecule has 5 nitrogen and oxygen atoms in total. The summed E-state index contributed by atoms with van der Waals surface area (Å²) in [6.07, 6.45) is 1.60. The van der Waals surface area contributed by atoms with E-state index in [4.69, 9.17) is 27.6 Å². The Morgan fingerprint density at radius 1 is 1.38 bits per heavy atom. The summed E-state index contributed by atoms with van der Waals surface area (Å²) in [4.78, 5) is 3.93. The average molecular weight is 259 g/mol. The van der Waals surface area contributed by atoms with E-state index in [1.165, 1.54) is 0 Å². The fourth-order valence-electron chi connectivity index (χ4n) is 1.20. The van der Waals surface area contributed by atoms with Gasteiger partial charge in [0.1, 0.15) is 5.76 Å². The van der Waals surface area contributed by atoms with Crippen molar-refractivity contribution in [3.05, 3.63) is 34.6 Å². The number of rotatable bonds is 3. The Kier molecular flexibility index (Phi) is 3.26. The van der Waals surface area contributed by atoms with Gasteiger partial charge in [0.25, 0.3) is 0 Å². The van der Waals surface area contributed by atoms with Gasteiger partial charge in [-0.3, -0.25) is 0 Å². The topological polar surface area (TPSA) is 63.8 Å². The van der Waals surface area contributed by atoms with Crippen LogP contribution >= 0.6 is 23.2 Å². The molecule has 0 radical (unpaired) electrons. The Bertz CT molecular complexity index is 474. The van der Waals surface area contributed by atoms with Crippen LogP contribution in [0.5, 0.6) is 0 Å². The van der Waals surface area contributed by atoms with Crippen LogP contribution < -0.4 is 5.32 Å². The van der Waals surface area contributed by atoms with Gasteiger partial charge < -0.3 is 9.73 Å². The minimum Gasteiger partial charge on any atom is -0.467 e. The summed E-state index contributed by atoms with van der Waals surface area (Å²) in [6, 6.07) is 3.57. The molecule has 0 saturated carbocycles. The smallest absolute Gasteiger partial charge is 0.245 e. The monoisotopic (exact) mass is 258 g/mol. The van der Waals surface area contributed by atoms with Crippen molar-refractivity contribution < 1.29 is 4.42 Å². The molecule has 2 rings (SSSR count). The van der Waals surface area contributed by atoms with Gasteiger partial charge >= 0.3 is 0 Å². The number of halogens is 2. The fraction of sp³-hybridized carbons (Fsp3) is 0.222. The van der Waals surface area contributed by atoms with Crippen LogP contribution in [0.3, 0.4) is 0 Å². The molecule has 1 N–H and O–H groups in total. The minimum atomic E-state index is -0.0831. The highest BCUT2D eigenvalue weighted by Gasteiger charge is 2.12. The van der Waals surface area contributed by atoms with Gasteiger partial charge in [-0.15, -0.1) is 10.2 Å². The quantitative estimate of drug-likeness (QED) is 0.917. The Morgan fingerprint density at radius 2 is 2.19 bits per heavy atom. The van der Waals surface area contributed by atoms with E-state index in [0.717, 1.165) is 5.76 Å². The predicted molar refractivity (Wildman–Crippen MR) is 60.6 cm³/mol. The summed E-state index contributed by atoms with van der Waals surface area (Å²) in [5, 5.41) is 10.4. The summed E-state index contributed by atoms with van der Waals surface area (Å²) in [5.41, 5.74) is 0. The third kappa shape index (κ3) is 2.43. The average Bonchev–Trinajstić information content (AvgIpc) is 2.76. The van der Waals surface area contributed by atoms with Gasteiger partial charge in [-0.2, -0.15) is 4.98 Å². The van der Waals surface area contributed by atoms with Crippen molar-refractivity contribution in [3.63, 3.8) is 0 Å². The lowest BCUT2D eigenvalue weighted by Crippen LogP contribution is -2.08.